The normalized spacial score (nSPS) is 11.3. The maximum Gasteiger partial charge on any atom is 0.195 e. The van der Waals surface area contributed by atoms with E-state index in [-0.39, 0.29) is 0 Å². The molecule has 0 aliphatic rings. The number of anilines is 1. The number of rotatable bonds is 12. The molecule has 0 radical (unpaired) electrons. The minimum atomic E-state index is 0.605. The molecule has 0 saturated carbocycles. The van der Waals surface area contributed by atoms with Crippen molar-refractivity contribution in [2.24, 2.45) is 4.99 Å². The number of guanidine groups is 1. The first kappa shape index (κ1) is 21.1. The average Bonchev–Trinajstić information content (AvgIpc) is 2.62. The fraction of sp³-hybridized carbons (Fsp3) is 0.632. The van der Waals surface area contributed by atoms with Gasteiger partial charge in [-0.05, 0) is 38.8 Å². The van der Waals surface area contributed by atoms with Crippen LogP contribution < -0.4 is 20.1 Å². The van der Waals surface area contributed by atoms with Gasteiger partial charge in [-0.25, -0.2) is 0 Å². The SMILES string of the molecule is CCCCOCCCN=C(NCC)Nc1ccc(OCC)c(OC)c1. The van der Waals surface area contributed by atoms with E-state index in [0.29, 0.717) is 12.4 Å². The first-order chi connectivity index (χ1) is 12.2. The third-order valence-electron chi connectivity index (χ3n) is 3.43. The number of methoxy groups -OCH3 is 1. The lowest BCUT2D eigenvalue weighted by Crippen LogP contribution is -2.30. The molecular weight excluding hydrogens is 318 g/mol. The van der Waals surface area contributed by atoms with E-state index < -0.39 is 0 Å². The molecule has 0 spiro atoms. The second-order valence-corrected chi connectivity index (χ2v) is 5.50. The zero-order chi connectivity index (χ0) is 18.3. The molecule has 6 nitrogen and oxygen atoms in total. The van der Waals surface area contributed by atoms with Crippen molar-refractivity contribution >= 4 is 11.6 Å². The van der Waals surface area contributed by atoms with Crippen LogP contribution in [0.4, 0.5) is 5.69 Å². The van der Waals surface area contributed by atoms with E-state index in [1.165, 1.54) is 0 Å². The summed E-state index contributed by atoms with van der Waals surface area (Å²) in [6.07, 6.45) is 3.19. The summed E-state index contributed by atoms with van der Waals surface area (Å²) in [6.45, 7) is 9.87. The Bertz CT molecular complexity index is 507. The van der Waals surface area contributed by atoms with Crippen molar-refractivity contribution < 1.29 is 14.2 Å². The van der Waals surface area contributed by atoms with Gasteiger partial charge in [-0.2, -0.15) is 0 Å². The molecule has 0 aliphatic carbocycles. The quantitative estimate of drug-likeness (QED) is 0.342. The summed E-state index contributed by atoms with van der Waals surface area (Å²) < 4.78 is 16.5. The van der Waals surface area contributed by atoms with Crippen molar-refractivity contribution in [3.63, 3.8) is 0 Å². The topological polar surface area (TPSA) is 64.1 Å². The fourth-order valence-corrected chi connectivity index (χ4v) is 2.17. The Morgan fingerprint density at radius 3 is 2.56 bits per heavy atom. The summed E-state index contributed by atoms with van der Waals surface area (Å²) in [5.74, 6) is 2.19. The summed E-state index contributed by atoms with van der Waals surface area (Å²) >= 11 is 0. The van der Waals surface area contributed by atoms with Gasteiger partial charge in [0.2, 0.25) is 0 Å². The van der Waals surface area contributed by atoms with Crippen molar-refractivity contribution in [1.29, 1.82) is 0 Å². The predicted octanol–water partition coefficient (Wildman–Crippen LogP) is 3.68. The lowest BCUT2D eigenvalue weighted by molar-refractivity contribution is 0.130. The van der Waals surface area contributed by atoms with Gasteiger partial charge in [-0.1, -0.05) is 13.3 Å². The molecular formula is C19H33N3O3. The molecule has 0 fully saturated rings. The maximum absolute atomic E-state index is 5.56. The predicted molar refractivity (Wildman–Crippen MR) is 104 cm³/mol. The van der Waals surface area contributed by atoms with Crippen molar-refractivity contribution in [2.75, 3.05) is 45.3 Å². The van der Waals surface area contributed by atoms with Crippen LogP contribution in [0, 0.1) is 0 Å². The van der Waals surface area contributed by atoms with Crippen LogP contribution >= 0.6 is 0 Å². The highest BCUT2D eigenvalue weighted by atomic mass is 16.5. The molecule has 1 aromatic carbocycles. The third-order valence-corrected chi connectivity index (χ3v) is 3.43. The molecule has 0 atom stereocenters. The number of benzene rings is 1. The highest BCUT2D eigenvalue weighted by Gasteiger charge is 2.06. The van der Waals surface area contributed by atoms with E-state index in [2.05, 4.69) is 22.5 Å². The van der Waals surface area contributed by atoms with Crippen LogP contribution in [0.25, 0.3) is 0 Å². The summed E-state index contributed by atoms with van der Waals surface area (Å²) in [7, 11) is 1.64. The Hall–Kier alpha value is -1.95. The molecule has 0 unspecified atom stereocenters. The Balaban J connectivity index is 2.57. The highest BCUT2D eigenvalue weighted by molar-refractivity contribution is 5.93. The largest absolute Gasteiger partial charge is 0.493 e. The van der Waals surface area contributed by atoms with Gasteiger partial charge in [0, 0.05) is 38.1 Å². The monoisotopic (exact) mass is 351 g/mol. The van der Waals surface area contributed by atoms with E-state index in [1.807, 2.05) is 32.0 Å². The van der Waals surface area contributed by atoms with E-state index in [1.54, 1.807) is 7.11 Å². The minimum Gasteiger partial charge on any atom is -0.493 e. The minimum absolute atomic E-state index is 0.605. The first-order valence-corrected chi connectivity index (χ1v) is 9.19. The van der Waals surface area contributed by atoms with Gasteiger partial charge in [-0.3, -0.25) is 4.99 Å². The molecule has 25 heavy (non-hydrogen) atoms. The lowest BCUT2D eigenvalue weighted by Gasteiger charge is -2.14. The molecule has 0 bridgehead atoms. The zero-order valence-electron chi connectivity index (χ0n) is 16.1. The van der Waals surface area contributed by atoms with Crippen LogP contribution in [0.5, 0.6) is 11.5 Å². The summed E-state index contributed by atoms with van der Waals surface area (Å²) in [5.41, 5.74) is 0.902. The second-order valence-electron chi connectivity index (χ2n) is 5.50. The number of ether oxygens (including phenoxy) is 3. The van der Waals surface area contributed by atoms with Gasteiger partial charge < -0.3 is 24.8 Å². The Morgan fingerprint density at radius 1 is 1.08 bits per heavy atom. The summed E-state index contributed by atoms with van der Waals surface area (Å²) in [5, 5.41) is 6.54. The van der Waals surface area contributed by atoms with Gasteiger partial charge in [0.1, 0.15) is 0 Å². The Kier molecular flexibility index (Phi) is 11.3. The molecule has 0 aliphatic heterocycles. The molecule has 142 valence electrons. The van der Waals surface area contributed by atoms with Crippen LogP contribution in [-0.4, -0.2) is 46.0 Å². The van der Waals surface area contributed by atoms with Crippen molar-refractivity contribution in [3.8, 4) is 11.5 Å². The van der Waals surface area contributed by atoms with Gasteiger partial charge >= 0.3 is 0 Å². The van der Waals surface area contributed by atoms with Crippen LogP contribution in [-0.2, 0) is 4.74 Å². The van der Waals surface area contributed by atoms with Crippen LogP contribution in [0.3, 0.4) is 0 Å². The van der Waals surface area contributed by atoms with E-state index in [0.717, 1.165) is 63.0 Å². The molecule has 0 aromatic heterocycles. The molecule has 2 N–H and O–H groups in total. The van der Waals surface area contributed by atoms with Crippen molar-refractivity contribution in [2.45, 2.75) is 40.0 Å². The van der Waals surface area contributed by atoms with Crippen molar-refractivity contribution in [3.05, 3.63) is 18.2 Å². The smallest absolute Gasteiger partial charge is 0.195 e. The van der Waals surface area contributed by atoms with Gasteiger partial charge in [0.25, 0.3) is 0 Å². The average molecular weight is 351 g/mol. The molecule has 0 heterocycles. The van der Waals surface area contributed by atoms with E-state index in [9.17, 15) is 0 Å². The summed E-state index contributed by atoms with van der Waals surface area (Å²) in [4.78, 5) is 4.58. The van der Waals surface area contributed by atoms with Gasteiger partial charge in [-0.15, -0.1) is 0 Å². The van der Waals surface area contributed by atoms with Crippen LogP contribution in [0.2, 0.25) is 0 Å². The Labute approximate surface area is 152 Å². The number of nitrogens with one attached hydrogen (secondary N) is 2. The first-order valence-electron chi connectivity index (χ1n) is 9.19. The third kappa shape index (κ3) is 8.63. The zero-order valence-corrected chi connectivity index (χ0v) is 16.1. The van der Waals surface area contributed by atoms with Crippen LogP contribution in [0.15, 0.2) is 23.2 Å². The summed E-state index contributed by atoms with van der Waals surface area (Å²) in [6, 6.07) is 5.76. The molecule has 6 heteroatoms. The van der Waals surface area contributed by atoms with Gasteiger partial charge in [0.15, 0.2) is 17.5 Å². The highest BCUT2D eigenvalue weighted by Crippen LogP contribution is 2.30. The number of hydrogen-bond donors (Lipinski definition) is 2. The maximum atomic E-state index is 5.56. The Morgan fingerprint density at radius 2 is 1.88 bits per heavy atom. The lowest BCUT2D eigenvalue weighted by atomic mass is 10.2. The molecule has 1 rings (SSSR count). The number of aliphatic imine (C=N–C) groups is 1. The molecule has 0 saturated heterocycles. The molecule has 0 amide bonds. The number of nitrogens with zero attached hydrogens (tertiary/aromatic N) is 1. The van der Waals surface area contributed by atoms with Gasteiger partial charge in [0.05, 0.1) is 13.7 Å². The van der Waals surface area contributed by atoms with Crippen molar-refractivity contribution in [1.82, 2.24) is 5.32 Å². The molecule has 1 aromatic rings. The van der Waals surface area contributed by atoms with E-state index in [4.69, 9.17) is 14.2 Å². The number of unbranched alkanes of at least 4 members (excludes halogenated alkanes) is 1. The van der Waals surface area contributed by atoms with Crippen LogP contribution in [0.1, 0.15) is 40.0 Å². The number of hydrogen-bond acceptors (Lipinski definition) is 4. The standard InChI is InChI=1S/C19H33N3O3/c1-5-8-13-24-14-9-12-21-19(20-6-2)22-16-10-11-17(25-7-3)18(15-16)23-4/h10-11,15H,5-9,12-14H2,1-4H3,(H2,20,21,22). The fourth-order valence-electron chi connectivity index (χ4n) is 2.17. The second kappa shape index (κ2) is 13.4. The van der Waals surface area contributed by atoms with E-state index >= 15 is 0 Å².